The molecule has 0 amide bonds. The third-order valence-electron chi connectivity index (χ3n) is 5.16. The van der Waals surface area contributed by atoms with Crippen molar-refractivity contribution in [1.82, 2.24) is 0 Å². The van der Waals surface area contributed by atoms with Crippen LogP contribution in [-0.2, 0) is 26.6 Å². The molecule has 0 aliphatic heterocycles. The normalized spacial score (nSPS) is 13.7. The van der Waals surface area contributed by atoms with Crippen molar-refractivity contribution in [2.24, 2.45) is 11.3 Å². The monoisotopic (exact) mass is 396 g/mol. The van der Waals surface area contributed by atoms with Gasteiger partial charge in [-0.1, -0.05) is 20.8 Å². The van der Waals surface area contributed by atoms with Crippen LogP contribution in [0.5, 0.6) is 0 Å². The quantitative estimate of drug-likeness (QED) is 0.414. The molecule has 0 saturated carbocycles. The minimum Gasteiger partial charge on any atom is -0.377 e. The standard InChI is InChI=1S/C17H40O6Si2/c1-17(2,3)16(12-10-14-24(18-4,19-5)20-6)13-11-15-25(21-7,22-8)23-9/h16H,10-15H2,1-9H3. The van der Waals surface area contributed by atoms with Crippen LogP contribution < -0.4 is 0 Å². The van der Waals surface area contributed by atoms with Gasteiger partial charge in [-0.05, 0) is 37.0 Å². The maximum Gasteiger partial charge on any atom is 0.500 e. The van der Waals surface area contributed by atoms with Gasteiger partial charge in [-0.2, -0.15) is 0 Å². The van der Waals surface area contributed by atoms with Crippen molar-refractivity contribution in [2.75, 3.05) is 42.7 Å². The van der Waals surface area contributed by atoms with Crippen LogP contribution in [0.3, 0.4) is 0 Å². The minimum atomic E-state index is -2.48. The van der Waals surface area contributed by atoms with Crippen LogP contribution in [0.25, 0.3) is 0 Å². The van der Waals surface area contributed by atoms with E-state index in [2.05, 4.69) is 20.8 Å². The zero-order valence-corrected chi connectivity index (χ0v) is 19.8. The lowest BCUT2D eigenvalue weighted by molar-refractivity contribution is 0.118. The molecule has 0 aromatic rings. The van der Waals surface area contributed by atoms with Crippen LogP contribution in [0.1, 0.15) is 46.5 Å². The average Bonchev–Trinajstić information content (AvgIpc) is 2.61. The van der Waals surface area contributed by atoms with E-state index in [9.17, 15) is 0 Å². The molecule has 0 spiro atoms. The first kappa shape index (κ1) is 25.2. The smallest absolute Gasteiger partial charge is 0.377 e. The average molecular weight is 397 g/mol. The van der Waals surface area contributed by atoms with Gasteiger partial charge in [0.25, 0.3) is 0 Å². The van der Waals surface area contributed by atoms with Gasteiger partial charge in [-0.25, -0.2) is 0 Å². The summed E-state index contributed by atoms with van der Waals surface area (Å²) in [5.74, 6) is 0.599. The summed E-state index contributed by atoms with van der Waals surface area (Å²) >= 11 is 0. The molecule has 0 aliphatic carbocycles. The summed E-state index contributed by atoms with van der Waals surface area (Å²) in [6.07, 6.45) is 4.31. The van der Waals surface area contributed by atoms with Crippen LogP contribution in [0.15, 0.2) is 0 Å². The van der Waals surface area contributed by atoms with E-state index in [-0.39, 0.29) is 5.41 Å². The second-order valence-corrected chi connectivity index (χ2v) is 13.6. The predicted octanol–water partition coefficient (Wildman–Crippen LogP) is 3.97. The SMILES string of the molecule is CO[Si](CCCC(CCC[Si](OC)(OC)OC)C(C)(C)C)(OC)OC. The predicted molar refractivity (Wildman–Crippen MR) is 105 cm³/mol. The van der Waals surface area contributed by atoms with Crippen LogP contribution in [0, 0.1) is 11.3 Å². The number of hydrogen-bond donors (Lipinski definition) is 0. The van der Waals surface area contributed by atoms with Gasteiger partial charge in [0.05, 0.1) is 0 Å². The van der Waals surface area contributed by atoms with Gasteiger partial charge in [0.15, 0.2) is 0 Å². The number of rotatable bonds is 14. The van der Waals surface area contributed by atoms with Gasteiger partial charge in [0.1, 0.15) is 0 Å². The van der Waals surface area contributed by atoms with Crippen molar-refractivity contribution in [1.29, 1.82) is 0 Å². The largest absolute Gasteiger partial charge is 0.500 e. The maximum absolute atomic E-state index is 5.52. The van der Waals surface area contributed by atoms with Crippen molar-refractivity contribution in [3.8, 4) is 0 Å². The fourth-order valence-electron chi connectivity index (χ4n) is 3.25. The topological polar surface area (TPSA) is 55.4 Å². The summed E-state index contributed by atoms with van der Waals surface area (Å²) in [4.78, 5) is 0. The first-order valence-corrected chi connectivity index (χ1v) is 12.9. The highest BCUT2D eigenvalue weighted by Gasteiger charge is 2.39. The molecular formula is C17H40O6Si2. The van der Waals surface area contributed by atoms with E-state index in [1.54, 1.807) is 42.7 Å². The fourth-order valence-corrected chi connectivity index (χ4v) is 6.75. The highest BCUT2D eigenvalue weighted by Crippen LogP contribution is 2.36. The third kappa shape index (κ3) is 8.17. The molecule has 0 rings (SSSR count). The lowest BCUT2D eigenvalue weighted by Gasteiger charge is -2.33. The zero-order valence-electron chi connectivity index (χ0n) is 17.8. The fraction of sp³-hybridized carbons (Fsp3) is 1.00. The van der Waals surface area contributed by atoms with E-state index in [1.807, 2.05) is 0 Å². The molecule has 0 aliphatic rings. The molecule has 0 fully saturated rings. The summed E-state index contributed by atoms with van der Waals surface area (Å²) in [6, 6.07) is 1.69. The lowest BCUT2D eigenvalue weighted by Crippen LogP contribution is -2.43. The Hall–Kier alpha value is 0.194. The molecule has 25 heavy (non-hydrogen) atoms. The highest BCUT2D eigenvalue weighted by molar-refractivity contribution is 6.60. The Morgan fingerprint density at radius 2 is 0.880 bits per heavy atom. The molecule has 0 aromatic carbocycles. The number of hydrogen-bond acceptors (Lipinski definition) is 6. The van der Waals surface area contributed by atoms with E-state index < -0.39 is 17.6 Å². The summed E-state index contributed by atoms with van der Waals surface area (Å²) in [5, 5.41) is 0. The minimum absolute atomic E-state index is 0.245. The molecule has 8 heteroatoms. The third-order valence-corrected chi connectivity index (χ3v) is 10.8. The van der Waals surface area contributed by atoms with Crippen molar-refractivity contribution in [2.45, 2.75) is 58.5 Å². The first-order chi connectivity index (χ1) is 11.7. The molecule has 0 radical (unpaired) electrons. The molecule has 152 valence electrons. The Kier molecular flexibility index (Phi) is 11.9. The highest BCUT2D eigenvalue weighted by atomic mass is 28.4. The van der Waals surface area contributed by atoms with E-state index in [1.165, 1.54) is 0 Å². The zero-order chi connectivity index (χ0) is 19.6. The van der Waals surface area contributed by atoms with Crippen molar-refractivity contribution in [3.63, 3.8) is 0 Å². The van der Waals surface area contributed by atoms with E-state index in [4.69, 9.17) is 26.6 Å². The Morgan fingerprint density at radius 1 is 0.600 bits per heavy atom. The van der Waals surface area contributed by atoms with E-state index >= 15 is 0 Å². The Balaban J connectivity index is 4.63. The lowest BCUT2D eigenvalue weighted by atomic mass is 9.76. The summed E-state index contributed by atoms with van der Waals surface area (Å²) in [7, 11) is 5.08. The first-order valence-electron chi connectivity index (χ1n) is 8.99. The second kappa shape index (κ2) is 11.8. The van der Waals surface area contributed by atoms with Gasteiger partial charge in [0, 0.05) is 54.7 Å². The molecule has 0 unspecified atom stereocenters. The van der Waals surface area contributed by atoms with Gasteiger partial charge >= 0.3 is 17.6 Å². The molecule has 0 atom stereocenters. The Labute approximate surface area is 157 Å². The summed E-state index contributed by atoms with van der Waals surface area (Å²) in [5.41, 5.74) is 0.245. The molecule has 0 saturated heterocycles. The van der Waals surface area contributed by atoms with Crippen LogP contribution in [0.2, 0.25) is 12.1 Å². The maximum atomic E-state index is 5.52. The molecule has 0 heterocycles. The van der Waals surface area contributed by atoms with Gasteiger partial charge in [-0.15, -0.1) is 0 Å². The van der Waals surface area contributed by atoms with Gasteiger partial charge < -0.3 is 26.6 Å². The summed E-state index contributed by atoms with van der Waals surface area (Å²) in [6.45, 7) is 6.91. The Bertz CT molecular complexity index is 298. The Morgan fingerprint density at radius 3 is 1.08 bits per heavy atom. The molecular weight excluding hydrogens is 356 g/mol. The van der Waals surface area contributed by atoms with Crippen molar-refractivity contribution in [3.05, 3.63) is 0 Å². The van der Waals surface area contributed by atoms with Crippen LogP contribution >= 0.6 is 0 Å². The molecule has 6 nitrogen and oxygen atoms in total. The van der Waals surface area contributed by atoms with E-state index in [0.29, 0.717) is 5.92 Å². The summed E-state index contributed by atoms with van der Waals surface area (Å²) < 4.78 is 33.1. The van der Waals surface area contributed by atoms with Gasteiger partial charge in [-0.3, -0.25) is 0 Å². The van der Waals surface area contributed by atoms with Gasteiger partial charge in [0.2, 0.25) is 0 Å². The van der Waals surface area contributed by atoms with Crippen molar-refractivity contribution < 1.29 is 26.6 Å². The second-order valence-electron chi connectivity index (χ2n) is 7.44. The van der Waals surface area contributed by atoms with Crippen molar-refractivity contribution >= 4 is 17.6 Å². The molecule has 0 bridgehead atoms. The van der Waals surface area contributed by atoms with E-state index in [0.717, 1.165) is 37.8 Å². The molecule has 0 aromatic heterocycles. The van der Waals surface area contributed by atoms with Crippen LogP contribution in [-0.4, -0.2) is 60.3 Å². The van der Waals surface area contributed by atoms with Crippen LogP contribution in [0.4, 0.5) is 0 Å². The molecule has 0 N–H and O–H groups in total.